The van der Waals surface area contributed by atoms with Gasteiger partial charge < -0.3 is 5.11 Å². The van der Waals surface area contributed by atoms with E-state index in [0.29, 0.717) is 10.6 Å². The van der Waals surface area contributed by atoms with E-state index in [1.54, 1.807) is 11.3 Å². The summed E-state index contributed by atoms with van der Waals surface area (Å²) in [6.45, 7) is 6.28. The number of thioether (sulfide) groups is 1. The van der Waals surface area contributed by atoms with E-state index in [4.69, 9.17) is 5.11 Å². The Morgan fingerprint density at radius 2 is 2.14 bits per heavy atom. The number of rotatable bonds is 4. The molecular weight excluding hydrogens is 309 g/mol. The van der Waals surface area contributed by atoms with E-state index in [9.17, 15) is 9.18 Å². The first-order chi connectivity index (χ1) is 9.77. The molecule has 0 saturated heterocycles. The number of hydrogen-bond donors (Lipinski definition) is 1. The van der Waals surface area contributed by atoms with Gasteiger partial charge in [0.1, 0.15) is 10.8 Å². The van der Waals surface area contributed by atoms with Crippen LogP contribution in [-0.4, -0.2) is 16.1 Å². The Balaban J connectivity index is 2.11. The topological polar surface area (TPSA) is 50.2 Å². The standard InChI is InChI=1S/C15H16FNO2S2/c1-15(2,3)12-7-21-13(17-12)8-20-11-6-9(14(18)19)4-5-10(11)16/h4-7H,8H2,1-3H3,(H,18,19). The van der Waals surface area contributed by atoms with Crippen molar-refractivity contribution in [1.29, 1.82) is 0 Å². The second kappa shape index (κ2) is 6.15. The van der Waals surface area contributed by atoms with Crippen LogP contribution in [0.4, 0.5) is 4.39 Å². The van der Waals surface area contributed by atoms with Crippen molar-refractivity contribution in [1.82, 2.24) is 4.98 Å². The van der Waals surface area contributed by atoms with E-state index in [1.165, 1.54) is 30.0 Å². The lowest BCUT2D eigenvalue weighted by Crippen LogP contribution is -2.11. The first kappa shape index (κ1) is 16.0. The summed E-state index contributed by atoms with van der Waals surface area (Å²) in [5, 5.41) is 11.9. The van der Waals surface area contributed by atoms with Crippen LogP contribution in [0.2, 0.25) is 0 Å². The monoisotopic (exact) mass is 325 g/mol. The first-order valence-electron chi connectivity index (χ1n) is 6.38. The molecule has 0 amide bonds. The van der Waals surface area contributed by atoms with Crippen LogP contribution < -0.4 is 0 Å². The number of carboxylic acid groups (broad SMARTS) is 1. The van der Waals surface area contributed by atoms with Crippen LogP contribution in [0.25, 0.3) is 0 Å². The lowest BCUT2D eigenvalue weighted by Gasteiger charge is -2.14. The predicted octanol–water partition coefficient (Wildman–Crippen LogP) is 4.57. The van der Waals surface area contributed by atoms with Crippen molar-refractivity contribution < 1.29 is 14.3 Å². The third-order valence-electron chi connectivity index (χ3n) is 2.85. The summed E-state index contributed by atoms with van der Waals surface area (Å²) in [7, 11) is 0. The van der Waals surface area contributed by atoms with Crippen molar-refractivity contribution in [3.63, 3.8) is 0 Å². The van der Waals surface area contributed by atoms with Gasteiger partial charge in [0.05, 0.1) is 17.0 Å². The SMILES string of the molecule is CC(C)(C)c1csc(CSc2cc(C(=O)O)ccc2F)n1. The van der Waals surface area contributed by atoms with Gasteiger partial charge in [0.25, 0.3) is 0 Å². The minimum Gasteiger partial charge on any atom is -0.478 e. The van der Waals surface area contributed by atoms with Gasteiger partial charge in [-0.25, -0.2) is 14.2 Å². The van der Waals surface area contributed by atoms with Gasteiger partial charge in [-0.2, -0.15) is 0 Å². The molecule has 0 aliphatic heterocycles. The minimum atomic E-state index is -1.05. The molecule has 1 heterocycles. The number of carbonyl (C=O) groups is 1. The molecule has 3 nitrogen and oxygen atoms in total. The van der Waals surface area contributed by atoms with Crippen molar-refractivity contribution in [3.8, 4) is 0 Å². The fourth-order valence-electron chi connectivity index (χ4n) is 1.61. The van der Waals surface area contributed by atoms with Crippen LogP contribution in [0, 0.1) is 5.82 Å². The van der Waals surface area contributed by atoms with E-state index < -0.39 is 11.8 Å². The minimum absolute atomic E-state index is 0.00606. The first-order valence-corrected chi connectivity index (χ1v) is 8.24. The van der Waals surface area contributed by atoms with Gasteiger partial charge in [0.15, 0.2) is 0 Å². The summed E-state index contributed by atoms with van der Waals surface area (Å²) in [5.74, 6) is -0.931. The van der Waals surface area contributed by atoms with Gasteiger partial charge >= 0.3 is 5.97 Å². The molecule has 0 radical (unpaired) electrons. The number of hydrogen-bond acceptors (Lipinski definition) is 4. The lowest BCUT2D eigenvalue weighted by molar-refractivity contribution is 0.0696. The third kappa shape index (κ3) is 4.04. The van der Waals surface area contributed by atoms with Gasteiger partial charge in [-0.15, -0.1) is 23.1 Å². The molecule has 0 aliphatic carbocycles. The van der Waals surface area contributed by atoms with Crippen LogP contribution in [0.5, 0.6) is 0 Å². The zero-order chi connectivity index (χ0) is 15.6. The Labute approximate surface area is 131 Å². The Morgan fingerprint density at radius 3 is 2.71 bits per heavy atom. The largest absolute Gasteiger partial charge is 0.478 e. The quantitative estimate of drug-likeness (QED) is 0.837. The van der Waals surface area contributed by atoms with E-state index in [1.807, 2.05) is 5.38 Å². The number of thiazole rings is 1. The molecule has 2 aromatic rings. The van der Waals surface area contributed by atoms with E-state index in [2.05, 4.69) is 25.8 Å². The average Bonchev–Trinajstić information content (AvgIpc) is 2.86. The van der Waals surface area contributed by atoms with Crippen LogP contribution in [0.15, 0.2) is 28.5 Å². The molecule has 0 aliphatic rings. The Hall–Kier alpha value is -1.40. The average molecular weight is 325 g/mol. The van der Waals surface area contributed by atoms with Gasteiger partial charge in [0, 0.05) is 15.7 Å². The lowest BCUT2D eigenvalue weighted by atomic mass is 9.93. The van der Waals surface area contributed by atoms with Crippen molar-refractivity contribution in [2.45, 2.75) is 36.8 Å². The molecule has 21 heavy (non-hydrogen) atoms. The van der Waals surface area contributed by atoms with Crippen LogP contribution >= 0.6 is 23.1 Å². The Kier molecular flexibility index (Phi) is 4.68. The van der Waals surface area contributed by atoms with Gasteiger partial charge in [-0.3, -0.25) is 0 Å². The van der Waals surface area contributed by atoms with Crippen molar-refractivity contribution in [3.05, 3.63) is 45.7 Å². The molecule has 0 bridgehead atoms. The van der Waals surface area contributed by atoms with Crippen LogP contribution in [-0.2, 0) is 11.2 Å². The molecule has 0 saturated carbocycles. The molecule has 6 heteroatoms. The van der Waals surface area contributed by atoms with Crippen LogP contribution in [0.3, 0.4) is 0 Å². The van der Waals surface area contributed by atoms with E-state index in [0.717, 1.165) is 10.7 Å². The molecule has 0 spiro atoms. The molecule has 112 valence electrons. The summed E-state index contributed by atoms with van der Waals surface area (Å²) in [6, 6.07) is 3.82. The van der Waals surface area contributed by atoms with Gasteiger partial charge in [-0.05, 0) is 18.2 Å². The van der Waals surface area contributed by atoms with E-state index in [-0.39, 0.29) is 11.0 Å². The Morgan fingerprint density at radius 1 is 1.43 bits per heavy atom. The maximum Gasteiger partial charge on any atom is 0.335 e. The molecule has 1 N–H and O–H groups in total. The number of benzene rings is 1. The predicted molar refractivity (Wildman–Crippen MR) is 83.7 cm³/mol. The highest BCUT2D eigenvalue weighted by molar-refractivity contribution is 7.98. The van der Waals surface area contributed by atoms with Gasteiger partial charge in [0.2, 0.25) is 0 Å². The van der Waals surface area contributed by atoms with Gasteiger partial charge in [-0.1, -0.05) is 20.8 Å². The second-order valence-electron chi connectivity index (χ2n) is 5.62. The number of aromatic nitrogens is 1. The number of nitrogens with zero attached hydrogens (tertiary/aromatic N) is 1. The summed E-state index contributed by atoms with van der Waals surface area (Å²) < 4.78 is 13.7. The third-order valence-corrected chi connectivity index (χ3v) is 4.92. The summed E-state index contributed by atoms with van der Waals surface area (Å²) in [5.41, 5.74) is 1.10. The van der Waals surface area contributed by atoms with E-state index >= 15 is 0 Å². The fourth-order valence-corrected chi connectivity index (χ4v) is 3.62. The molecule has 1 aromatic carbocycles. The number of carboxylic acids is 1. The molecule has 2 rings (SSSR count). The summed E-state index contributed by atoms with van der Waals surface area (Å²) in [6.07, 6.45) is 0. The molecule has 0 unspecified atom stereocenters. The molecular formula is C15H16FNO2S2. The maximum absolute atomic E-state index is 13.7. The number of halogens is 1. The highest BCUT2D eigenvalue weighted by atomic mass is 32.2. The fraction of sp³-hybridized carbons (Fsp3) is 0.333. The number of aromatic carboxylic acids is 1. The van der Waals surface area contributed by atoms with Crippen molar-refractivity contribution in [2.24, 2.45) is 0 Å². The summed E-state index contributed by atoms with van der Waals surface area (Å²) in [4.78, 5) is 15.8. The highest BCUT2D eigenvalue weighted by Crippen LogP contribution is 2.30. The molecule has 0 fully saturated rings. The normalized spacial score (nSPS) is 11.6. The zero-order valence-corrected chi connectivity index (χ0v) is 13.6. The molecule has 1 aromatic heterocycles. The second-order valence-corrected chi connectivity index (χ2v) is 7.58. The summed E-state index contributed by atoms with van der Waals surface area (Å²) >= 11 is 2.81. The smallest absolute Gasteiger partial charge is 0.335 e. The Bertz CT molecular complexity index is 662. The maximum atomic E-state index is 13.7. The highest BCUT2D eigenvalue weighted by Gasteiger charge is 2.17. The van der Waals surface area contributed by atoms with Crippen molar-refractivity contribution >= 4 is 29.1 Å². The van der Waals surface area contributed by atoms with Crippen LogP contribution in [0.1, 0.15) is 41.8 Å². The molecule has 0 atom stereocenters. The zero-order valence-electron chi connectivity index (χ0n) is 12.0. The van der Waals surface area contributed by atoms with Crippen molar-refractivity contribution in [2.75, 3.05) is 0 Å².